The first-order valence-corrected chi connectivity index (χ1v) is 38.9. The number of fused-ring (bicyclic) bond motifs is 2. The molecule has 0 aromatic heterocycles. The van der Waals surface area contributed by atoms with Crippen LogP contribution < -0.4 is 29.6 Å². The Balaban J connectivity index is 0.796. The second-order valence-corrected chi connectivity index (χ2v) is 28.5. The van der Waals surface area contributed by atoms with Crippen LogP contribution in [0.4, 0.5) is 11.4 Å². The topological polar surface area (TPSA) is 315 Å². The van der Waals surface area contributed by atoms with E-state index in [4.69, 9.17) is 63.6 Å². The van der Waals surface area contributed by atoms with E-state index in [1.54, 1.807) is 231 Å². The molecular weight excluding hydrogens is 1560 g/mol. The van der Waals surface area contributed by atoms with Crippen molar-refractivity contribution in [3.8, 4) is 72.4 Å². The van der Waals surface area contributed by atoms with E-state index in [0.29, 0.717) is 88.6 Å². The molecule has 0 radical (unpaired) electrons. The molecular formula is C101H82N2O20. The molecule has 0 aliphatic rings. The van der Waals surface area contributed by atoms with Crippen molar-refractivity contribution in [1.29, 1.82) is 0 Å². The van der Waals surface area contributed by atoms with E-state index >= 15 is 0 Å². The zero-order chi connectivity index (χ0) is 86.7. The number of amides is 2. The van der Waals surface area contributed by atoms with E-state index in [2.05, 4.69) is 34.3 Å². The number of esters is 4. The lowest BCUT2D eigenvalue weighted by Crippen LogP contribution is -2.26. The van der Waals surface area contributed by atoms with Gasteiger partial charge in [-0.05, 0) is 177 Å². The predicted molar refractivity (Wildman–Crippen MR) is 462 cm³/mol. The highest BCUT2D eigenvalue weighted by molar-refractivity contribution is 6.11. The minimum absolute atomic E-state index is 0.00161. The van der Waals surface area contributed by atoms with Gasteiger partial charge in [0.25, 0.3) is 11.8 Å². The van der Waals surface area contributed by atoms with Crippen molar-refractivity contribution in [2.24, 2.45) is 0 Å². The van der Waals surface area contributed by atoms with Gasteiger partial charge in [0.05, 0.1) is 29.5 Å². The number of anilines is 2. The van der Waals surface area contributed by atoms with E-state index in [-0.39, 0.29) is 94.5 Å². The summed E-state index contributed by atoms with van der Waals surface area (Å²) < 4.78 is 47.7. The summed E-state index contributed by atoms with van der Waals surface area (Å²) in [6.45, 7) is -3.84. The highest BCUT2D eigenvalue weighted by Gasteiger charge is 2.26. The van der Waals surface area contributed by atoms with Crippen LogP contribution in [0.5, 0.6) is 23.0 Å². The summed E-state index contributed by atoms with van der Waals surface area (Å²) in [5.74, 6) is 6.18. The number of carbonyl (C=O) groups is 8. The fourth-order valence-corrected chi connectivity index (χ4v) is 13.3. The Hall–Kier alpha value is -15.4. The Morgan fingerprint density at radius 2 is 0.683 bits per heavy atom. The molecule has 2 amide bonds. The number of ether oxygens (including phenoxy) is 8. The first kappa shape index (κ1) is 86.9. The average Bonchev–Trinajstić information content (AvgIpc) is 0.767. The molecule has 0 spiro atoms. The van der Waals surface area contributed by atoms with E-state index in [1.165, 1.54) is 24.3 Å². The minimum atomic E-state index is -1.43. The summed E-state index contributed by atoms with van der Waals surface area (Å²) in [5.41, 5.74) is 7.03. The van der Waals surface area contributed by atoms with Gasteiger partial charge in [0.1, 0.15) is 100 Å². The molecule has 0 aliphatic carbocycles. The van der Waals surface area contributed by atoms with Crippen molar-refractivity contribution < 1.29 is 96.7 Å². The largest absolute Gasteiger partial charge is 0.491 e. The summed E-state index contributed by atoms with van der Waals surface area (Å²) in [4.78, 5) is 108. The summed E-state index contributed by atoms with van der Waals surface area (Å²) in [6.07, 6.45) is 16.1. The number of terminal acetylenes is 4. The van der Waals surface area contributed by atoms with Crippen LogP contribution in [0.2, 0.25) is 0 Å². The molecule has 22 nitrogen and oxygen atoms in total. The van der Waals surface area contributed by atoms with Crippen LogP contribution in [-0.4, -0.2) is 145 Å². The third-order valence-corrected chi connectivity index (χ3v) is 19.4. The second kappa shape index (κ2) is 42.3. The number of rotatable bonds is 38. The van der Waals surface area contributed by atoms with Crippen molar-refractivity contribution in [3.05, 3.63) is 344 Å². The number of nitrogens with one attached hydrogen (secondary N) is 2. The molecule has 0 saturated carbocycles. The van der Waals surface area contributed by atoms with Gasteiger partial charge < -0.3 is 69.0 Å². The van der Waals surface area contributed by atoms with Gasteiger partial charge in [-0.3, -0.25) is 28.8 Å². The summed E-state index contributed by atoms with van der Waals surface area (Å²) >= 11 is 0. The zero-order valence-corrected chi connectivity index (χ0v) is 66.4. The lowest BCUT2D eigenvalue weighted by Gasteiger charge is -2.21. The molecule has 0 fully saturated rings. The quantitative estimate of drug-likeness (QED) is 0.00906. The van der Waals surface area contributed by atoms with Crippen LogP contribution in [0.15, 0.2) is 255 Å². The number of benzene rings is 12. The number of aliphatic hydroxyl groups excluding tert-OH is 4. The Morgan fingerprint density at radius 3 is 1.15 bits per heavy atom. The maximum Gasteiger partial charge on any atom is 0.339 e. The molecule has 12 rings (SSSR count). The molecule has 0 aliphatic heterocycles. The molecule has 123 heavy (non-hydrogen) atoms. The van der Waals surface area contributed by atoms with E-state index in [0.717, 1.165) is 5.56 Å². The lowest BCUT2D eigenvalue weighted by atomic mass is 9.93. The van der Waals surface area contributed by atoms with Gasteiger partial charge in [0.2, 0.25) is 0 Å². The normalized spacial score (nSPS) is 11.8. The van der Waals surface area contributed by atoms with E-state index in [9.17, 15) is 58.8 Å². The highest BCUT2D eigenvalue weighted by atomic mass is 16.6. The van der Waals surface area contributed by atoms with Crippen molar-refractivity contribution in [3.63, 3.8) is 0 Å². The molecule has 12 aromatic carbocycles. The lowest BCUT2D eigenvalue weighted by molar-refractivity contribution is -0.147. The molecule has 0 bridgehead atoms. The van der Waals surface area contributed by atoms with E-state index < -0.39 is 113 Å². The molecule has 0 saturated heterocycles. The fraction of sp³-hybridized carbons (Fsp3) is 0.168. The second-order valence-electron chi connectivity index (χ2n) is 28.5. The van der Waals surface area contributed by atoms with Gasteiger partial charge in [-0.2, -0.15) is 0 Å². The fourth-order valence-electron chi connectivity index (χ4n) is 13.3. The maximum atomic E-state index is 13.7. The van der Waals surface area contributed by atoms with Gasteiger partial charge in [0, 0.05) is 80.7 Å². The maximum absolute atomic E-state index is 13.7. The van der Waals surface area contributed by atoms with Crippen LogP contribution in [-0.2, 0) is 60.6 Å². The van der Waals surface area contributed by atoms with Crippen LogP contribution in [0.3, 0.4) is 0 Å². The average molecular weight is 1640 g/mol. The smallest absolute Gasteiger partial charge is 0.339 e. The van der Waals surface area contributed by atoms with Crippen molar-refractivity contribution in [2.75, 3.05) is 63.5 Å². The summed E-state index contributed by atoms with van der Waals surface area (Å²) in [5, 5.41) is 53.7. The summed E-state index contributed by atoms with van der Waals surface area (Å²) in [7, 11) is 0. The zero-order valence-electron chi connectivity index (χ0n) is 66.4. The molecule has 12 aromatic rings. The van der Waals surface area contributed by atoms with Gasteiger partial charge >= 0.3 is 23.9 Å². The van der Waals surface area contributed by atoms with Crippen LogP contribution in [0, 0.1) is 49.4 Å². The monoisotopic (exact) mass is 1640 g/mol. The Labute approximate surface area is 709 Å². The standard InChI is InChI=1S/C101H82N2O20/c1-5-64-19-13-23-68(43-64)49-92(108)74-27-15-25-70(45-74)51-96(110)120-60-80(106)58-118-94-41-37-72-35-39-82(116-56-78(104)62-122-100(114)86-33-11-9-31-84(86)93(109)50-69-24-14-20-65(6-2)44-69)53-88(72)90(94)55-91-89-54-83(117-57-79(105)63-123-101(115)87-34-12-10-32-85(87)99(113)103-77-30-18-22-67(8-4)48-77)40-36-73(89)38-42-95(91)119-59-81(107)61-121-97(111)52-71-26-16-28-75(46-71)98(112)102-76-29-17-21-66(7-3)47-76/h1-4,9-48,53-54,78-81,104-107H,49-52,55-63H2,(H,102,112)(H,103,113). The number of hydrogen-bond donors (Lipinski definition) is 6. The molecule has 4 atom stereocenters. The number of hydrogen-bond acceptors (Lipinski definition) is 20. The molecule has 6 N–H and O–H groups in total. The Kier molecular flexibility index (Phi) is 29.9. The van der Waals surface area contributed by atoms with Gasteiger partial charge in [-0.25, -0.2) is 9.59 Å². The number of aliphatic hydroxyl groups is 4. The van der Waals surface area contributed by atoms with Gasteiger partial charge in [-0.15, -0.1) is 25.7 Å². The van der Waals surface area contributed by atoms with Crippen molar-refractivity contribution in [2.45, 2.75) is 56.5 Å². The van der Waals surface area contributed by atoms with Gasteiger partial charge in [-0.1, -0.05) is 145 Å². The third-order valence-electron chi connectivity index (χ3n) is 19.4. The minimum Gasteiger partial charge on any atom is -0.491 e. The number of ketones is 2. The molecule has 616 valence electrons. The SMILES string of the molecule is C#Cc1cccc(CC(=O)c2cccc(CC(=O)OCC(O)COc3ccc4ccc(OCC(O)COC(=O)c5ccccc5C(=O)Cc5cccc(C#C)c5)cc4c3Cc3c(OCC(O)COC(=O)Cc4cccc(C(=O)Nc5cccc(C#C)c5)c4)ccc4ccc(OCC(O)COC(=O)c5ccccc5C(=O)Nc5cccc(C#C)c5)cc34)c2)c1. The number of carbonyl (C=O) groups excluding carboxylic acids is 8. The summed E-state index contributed by atoms with van der Waals surface area (Å²) in [6, 6.07) is 69.5. The third kappa shape index (κ3) is 24.4. The molecule has 4 unspecified atom stereocenters. The Bertz CT molecular complexity index is 5770. The van der Waals surface area contributed by atoms with Crippen LogP contribution in [0.25, 0.3) is 21.5 Å². The highest BCUT2D eigenvalue weighted by Crippen LogP contribution is 2.39. The Morgan fingerprint density at radius 1 is 0.317 bits per heavy atom. The van der Waals surface area contributed by atoms with E-state index in [1.807, 2.05) is 0 Å². The molecule has 0 heterocycles. The van der Waals surface area contributed by atoms with Crippen molar-refractivity contribution in [1.82, 2.24) is 0 Å². The van der Waals surface area contributed by atoms with Crippen LogP contribution >= 0.6 is 0 Å². The van der Waals surface area contributed by atoms with Gasteiger partial charge in [0.15, 0.2) is 11.6 Å². The number of Topliss-reactive ketones (excluding diaryl/α,β-unsaturated/α-hetero) is 2. The first-order valence-electron chi connectivity index (χ1n) is 38.9. The van der Waals surface area contributed by atoms with Crippen LogP contribution in [0.1, 0.15) is 118 Å². The van der Waals surface area contributed by atoms with Crippen molar-refractivity contribution >= 4 is 80.2 Å². The molecule has 22 heteroatoms. The first-order chi connectivity index (χ1) is 59.6. The predicted octanol–water partition coefficient (Wildman–Crippen LogP) is 13.1.